The number of aromatic hydroxyl groups is 1. The number of phenolic OH excluding ortho intramolecular Hbond substituents is 1. The number of rotatable bonds is 2. The van der Waals surface area contributed by atoms with Crippen LogP contribution in [0.5, 0.6) is 5.75 Å². The minimum absolute atomic E-state index is 0.0446. The molecule has 3 N–H and O–H groups in total. The van der Waals surface area contributed by atoms with Crippen LogP contribution in [-0.4, -0.2) is 15.1 Å². The first-order valence-electron chi connectivity index (χ1n) is 8.69. The predicted molar refractivity (Wildman–Crippen MR) is 107 cm³/mol. The lowest BCUT2D eigenvalue weighted by Gasteiger charge is -2.19. The van der Waals surface area contributed by atoms with E-state index in [1.165, 1.54) is 6.08 Å². The maximum atomic E-state index is 12.4. The number of hydrogen-bond acceptors (Lipinski definition) is 3. The number of phenols is 1. The Kier molecular flexibility index (Phi) is 4.86. The molecule has 0 saturated carbocycles. The van der Waals surface area contributed by atoms with E-state index in [9.17, 15) is 14.7 Å². The highest BCUT2D eigenvalue weighted by Gasteiger charge is 2.14. The first-order chi connectivity index (χ1) is 12.7. The van der Waals surface area contributed by atoms with Gasteiger partial charge in [0.1, 0.15) is 16.4 Å². The van der Waals surface area contributed by atoms with Gasteiger partial charge in [0.2, 0.25) is 0 Å². The van der Waals surface area contributed by atoms with E-state index < -0.39 is 11.1 Å². The molecular weight excluding hydrogens is 340 g/mol. The van der Waals surface area contributed by atoms with E-state index in [-0.39, 0.29) is 21.9 Å². The highest BCUT2D eigenvalue weighted by molar-refractivity contribution is 5.57. The van der Waals surface area contributed by atoms with Gasteiger partial charge in [-0.05, 0) is 40.8 Å². The largest absolute Gasteiger partial charge is 0.507 e. The zero-order valence-electron chi connectivity index (χ0n) is 15.5. The summed E-state index contributed by atoms with van der Waals surface area (Å²) in [6.45, 7) is 6.18. The lowest BCUT2D eigenvalue weighted by Crippen LogP contribution is -2.46. The molecule has 0 unspecified atom stereocenters. The normalized spacial score (nSPS) is 13.1. The Bertz CT molecular complexity index is 1200. The summed E-state index contributed by atoms with van der Waals surface area (Å²) in [7, 11) is 0. The van der Waals surface area contributed by atoms with Crippen molar-refractivity contribution in [1.82, 2.24) is 9.97 Å². The van der Waals surface area contributed by atoms with Crippen LogP contribution in [-0.2, 0) is 5.41 Å². The van der Waals surface area contributed by atoms with Crippen LogP contribution < -0.4 is 21.8 Å². The SMILES string of the molecule is CC(C)(C)c1ccc(O)c(C=c2[nH]c(=O)c(=Cc3ccccc3)[nH]c2=O)c1. The molecule has 27 heavy (non-hydrogen) atoms. The number of nitrogens with one attached hydrogen (secondary N) is 2. The summed E-state index contributed by atoms with van der Waals surface area (Å²) in [6, 6.07) is 14.5. The number of aromatic nitrogens is 2. The minimum Gasteiger partial charge on any atom is -0.507 e. The van der Waals surface area contributed by atoms with Gasteiger partial charge >= 0.3 is 0 Å². The third kappa shape index (κ3) is 4.26. The molecule has 0 aliphatic carbocycles. The van der Waals surface area contributed by atoms with Gasteiger partial charge in [-0.3, -0.25) is 9.59 Å². The van der Waals surface area contributed by atoms with Crippen LogP contribution in [0.1, 0.15) is 37.5 Å². The summed E-state index contributed by atoms with van der Waals surface area (Å²) in [5.41, 5.74) is 1.35. The van der Waals surface area contributed by atoms with E-state index in [0.29, 0.717) is 5.56 Å². The van der Waals surface area contributed by atoms with Crippen molar-refractivity contribution in [3.05, 3.63) is 96.6 Å². The van der Waals surface area contributed by atoms with Crippen LogP contribution in [0.2, 0.25) is 0 Å². The summed E-state index contributed by atoms with van der Waals surface area (Å²) >= 11 is 0. The zero-order valence-corrected chi connectivity index (χ0v) is 15.5. The van der Waals surface area contributed by atoms with Gasteiger partial charge in [-0.15, -0.1) is 0 Å². The third-order valence-corrected chi connectivity index (χ3v) is 4.29. The Morgan fingerprint density at radius 1 is 0.852 bits per heavy atom. The summed E-state index contributed by atoms with van der Waals surface area (Å²) in [4.78, 5) is 30.0. The quantitative estimate of drug-likeness (QED) is 0.649. The Labute approximate surface area is 156 Å². The third-order valence-electron chi connectivity index (χ3n) is 4.29. The van der Waals surface area contributed by atoms with Crippen molar-refractivity contribution in [2.24, 2.45) is 0 Å². The van der Waals surface area contributed by atoms with Crippen LogP contribution >= 0.6 is 0 Å². The van der Waals surface area contributed by atoms with Gasteiger partial charge < -0.3 is 15.1 Å². The zero-order chi connectivity index (χ0) is 19.6. The lowest BCUT2D eigenvalue weighted by molar-refractivity contribution is 0.472. The van der Waals surface area contributed by atoms with Crippen molar-refractivity contribution >= 4 is 12.2 Å². The van der Waals surface area contributed by atoms with Gasteiger partial charge in [-0.2, -0.15) is 0 Å². The number of aromatic amines is 2. The molecule has 0 aliphatic heterocycles. The van der Waals surface area contributed by atoms with E-state index in [1.54, 1.807) is 12.1 Å². The number of H-pyrrole nitrogens is 2. The van der Waals surface area contributed by atoms with Crippen molar-refractivity contribution in [1.29, 1.82) is 0 Å². The standard InChI is InChI=1S/C22H22N2O3/c1-22(2,3)16-9-10-19(25)15(12-16)13-18-21(27)23-17(20(26)24-18)11-14-7-5-4-6-8-14/h4-13,25H,1-3H3,(H,23,27)(H,24,26). The van der Waals surface area contributed by atoms with Gasteiger partial charge in [0, 0.05) is 5.56 Å². The molecule has 0 fully saturated rings. The average Bonchev–Trinajstić information content (AvgIpc) is 2.61. The predicted octanol–water partition coefficient (Wildman–Crippen LogP) is 1.72. The molecule has 0 radical (unpaired) electrons. The van der Waals surface area contributed by atoms with Gasteiger partial charge in [-0.1, -0.05) is 57.2 Å². The van der Waals surface area contributed by atoms with Crippen molar-refractivity contribution in [2.45, 2.75) is 26.2 Å². The van der Waals surface area contributed by atoms with Crippen LogP contribution in [0.15, 0.2) is 58.1 Å². The van der Waals surface area contributed by atoms with Crippen molar-refractivity contribution in [3.63, 3.8) is 0 Å². The molecule has 0 aliphatic rings. The Hall–Kier alpha value is -3.34. The smallest absolute Gasteiger partial charge is 0.272 e. The minimum atomic E-state index is -0.433. The van der Waals surface area contributed by atoms with Crippen molar-refractivity contribution in [3.8, 4) is 5.75 Å². The van der Waals surface area contributed by atoms with Crippen LogP contribution in [0.3, 0.4) is 0 Å². The van der Waals surface area contributed by atoms with Crippen LogP contribution in [0.25, 0.3) is 12.2 Å². The van der Waals surface area contributed by atoms with E-state index >= 15 is 0 Å². The van der Waals surface area contributed by atoms with Gasteiger partial charge in [-0.25, -0.2) is 0 Å². The molecule has 5 nitrogen and oxygen atoms in total. The first kappa shape index (κ1) is 18.5. The van der Waals surface area contributed by atoms with E-state index in [1.807, 2.05) is 42.5 Å². The summed E-state index contributed by atoms with van der Waals surface area (Å²) in [5.74, 6) is 0.0446. The molecule has 3 aromatic rings. The summed E-state index contributed by atoms with van der Waals surface area (Å²) < 4.78 is 0. The summed E-state index contributed by atoms with van der Waals surface area (Å²) in [6.07, 6.45) is 3.10. The second-order valence-electron chi connectivity index (χ2n) is 7.46. The van der Waals surface area contributed by atoms with E-state index in [2.05, 4.69) is 30.7 Å². The molecule has 1 aromatic heterocycles. The highest BCUT2D eigenvalue weighted by Crippen LogP contribution is 2.27. The fraction of sp³-hybridized carbons (Fsp3) is 0.182. The van der Waals surface area contributed by atoms with Gasteiger partial charge in [0.25, 0.3) is 11.1 Å². The molecule has 2 aromatic carbocycles. The number of hydrogen-bond donors (Lipinski definition) is 3. The first-order valence-corrected chi connectivity index (χ1v) is 8.69. The van der Waals surface area contributed by atoms with E-state index in [0.717, 1.165) is 11.1 Å². The Balaban J connectivity index is 2.15. The molecule has 3 rings (SSSR count). The second-order valence-corrected chi connectivity index (χ2v) is 7.46. The maximum Gasteiger partial charge on any atom is 0.272 e. The fourth-order valence-electron chi connectivity index (χ4n) is 2.70. The lowest BCUT2D eigenvalue weighted by atomic mass is 9.86. The van der Waals surface area contributed by atoms with Crippen molar-refractivity contribution < 1.29 is 5.11 Å². The average molecular weight is 362 g/mol. The monoisotopic (exact) mass is 362 g/mol. The fourth-order valence-corrected chi connectivity index (χ4v) is 2.70. The molecule has 0 bridgehead atoms. The Morgan fingerprint density at radius 2 is 1.44 bits per heavy atom. The number of benzene rings is 2. The second kappa shape index (κ2) is 7.11. The van der Waals surface area contributed by atoms with Gasteiger partial charge in [0.05, 0.1) is 0 Å². The molecular formula is C22H22N2O3. The molecule has 5 heteroatoms. The Morgan fingerprint density at radius 3 is 2.04 bits per heavy atom. The molecule has 1 heterocycles. The molecule has 0 saturated heterocycles. The highest BCUT2D eigenvalue weighted by atomic mass is 16.3. The topological polar surface area (TPSA) is 85.9 Å². The summed E-state index contributed by atoms with van der Waals surface area (Å²) in [5, 5.41) is 10.4. The molecule has 0 spiro atoms. The molecule has 0 atom stereocenters. The molecule has 138 valence electrons. The van der Waals surface area contributed by atoms with E-state index in [4.69, 9.17) is 0 Å². The molecule has 0 amide bonds. The maximum absolute atomic E-state index is 12.4. The van der Waals surface area contributed by atoms with Crippen molar-refractivity contribution in [2.75, 3.05) is 0 Å². The van der Waals surface area contributed by atoms with Crippen LogP contribution in [0, 0.1) is 0 Å². The van der Waals surface area contributed by atoms with Gasteiger partial charge in [0.15, 0.2) is 0 Å². The van der Waals surface area contributed by atoms with Crippen LogP contribution in [0.4, 0.5) is 0 Å².